The number of aromatic amines is 1. The van der Waals surface area contributed by atoms with Gasteiger partial charge in [0, 0.05) is 23.3 Å². The maximum Gasteiger partial charge on any atom is 0.255 e. The van der Waals surface area contributed by atoms with E-state index < -0.39 is 9.84 Å². The van der Waals surface area contributed by atoms with Gasteiger partial charge in [-0.15, -0.1) is 0 Å². The average molecular weight is 369 g/mol. The Morgan fingerprint density at radius 2 is 2.12 bits per heavy atom. The number of nitrogens with one attached hydrogen (secondary N) is 2. The predicted octanol–water partition coefficient (Wildman–Crippen LogP) is 3.40. The number of carbonyl (C=O) groups excluding carboxylic acids is 1. The van der Waals surface area contributed by atoms with Crippen LogP contribution in [-0.4, -0.2) is 30.0 Å². The molecule has 0 saturated carbocycles. The van der Waals surface area contributed by atoms with Crippen LogP contribution in [0.3, 0.4) is 0 Å². The normalized spacial score (nSPS) is 18.5. The van der Waals surface area contributed by atoms with E-state index in [1.807, 2.05) is 26.0 Å². The van der Waals surface area contributed by atoms with Crippen molar-refractivity contribution >= 4 is 32.5 Å². The summed E-state index contributed by atoms with van der Waals surface area (Å²) < 4.78 is 24.9. The van der Waals surface area contributed by atoms with E-state index in [2.05, 4.69) is 15.3 Å². The lowest BCUT2D eigenvalue weighted by molar-refractivity contribution is 0.102. The Morgan fingerprint density at radius 3 is 2.92 bits per heavy atom. The number of carbonyl (C=O) groups is 1. The lowest BCUT2D eigenvalue weighted by atomic mass is 9.94. The van der Waals surface area contributed by atoms with Crippen LogP contribution in [0.25, 0.3) is 11.0 Å². The third-order valence-electron chi connectivity index (χ3n) is 5.00. The predicted molar refractivity (Wildman–Crippen MR) is 100 cm³/mol. The Balaban J connectivity index is 1.76. The van der Waals surface area contributed by atoms with Crippen LogP contribution in [0.15, 0.2) is 41.6 Å². The Hall–Kier alpha value is -2.67. The molecule has 0 radical (unpaired) electrons. The molecule has 4 rings (SSSR count). The van der Waals surface area contributed by atoms with Crippen LogP contribution in [0.2, 0.25) is 0 Å². The van der Waals surface area contributed by atoms with Crippen molar-refractivity contribution in [2.75, 3.05) is 11.1 Å². The maximum atomic E-state index is 12.8. The Labute approximate surface area is 151 Å². The third-order valence-corrected chi connectivity index (χ3v) is 6.79. The molecule has 1 aliphatic heterocycles. The van der Waals surface area contributed by atoms with Crippen LogP contribution < -0.4 is 5.32 Å². The maximum absolute atomic E-state index is 12.8. The summed E-state index contributed by atoms with van der Waals surface area (Å²) in [7, 11) is -3.34. The van der Waals surface area contributed by atoms with E-state index in [-0.39, 0.29) is 22.5 Å². The molecular formula is C19H19N3O3S. The number of amides is 1. The zero-order valence-corrected chi connectivity index (χ0v) is 15.4. The summed E-state index contributed by atoms with van der Waals surface area (Å²) in [6, 6.07) is 6.93. The van der Waals surface area contributed by atoms with Gasteiger partial charge in [-0.2, -0.15) is 0 Å². The van der Waals surface area contributed by atoms with Crippen molar-refractivity contribution in [3.8, 4) is 0 Å². The lowest BCUT2D eigenvalue weighted by Gasteiger charge is -2.24. The molecule has 2 aromatic heterocycles. The van der Waals surface area contributed by atoms with Crippen LogP contribution in [0, 0.1) is 6.92 Å². The van der Waals surface area contributed by atoms with Gasteiger partial charge in [-0.05, 0) is 48.6 Å². The number of anilines is 1. The van der Waals surface area contributed by atoms with E-state index in [1.165, 1.54) is 6.07 Å². The standard InChI is InChI=1S/C19H19N3O3S/c1-11-5-8-26(24,25)17-10-15(12(2)9-14(11)17)19(23)22-16-4-7-21-18-13(16)3-6-20-18/h3-4,6-7,9-11H,5,8H2,1-2H3,(H2,20,21,22,23)/t11-/m0/s1. The molecule has 3 aromatic rings. The van der Waals surface area contributed by atoms with E-state index >= 15 is 0 Å². The van der Waals surface area contributed by atoms with Gasteiger partial charge in [0.25, 0.3) is 5.91 Å². The largest absolute Gasteiger partial charge is 0.346 e. The molecule has 2 N–H and O–H groups in total. The van der Waals surface area contributed by atoms with Crippen LogP contribution in [0.1, 0.15) is 40.7 Å². The van der Waals surface area contributed by atoms with Gasteiger partial charge in [0.05, 0.1) is 16.3 Å². The number of aryl methyl sites for hydroxylation is 1. The molecule has 0 spiro atoms. The second kappa shape index (κ2) is 5.95. The van der Waals surface area contributed by atoms with Gasteiger partial charge in [-0.25, -0.2) is 13.4 Å². The molecule has 3 heterocycles. The number of nitrogens with zero attached hydrogens (tertiary/aromatic N) is 1. The number of pyridine rings is 1. The van der Waals surface area contributed by atoms with Gasteiger partial charge in [-0.1, -0.05) is 13.0 Å². The van der Waals surface area contributed by atoms with Crippen molar-refractivity contribution in [3.05, 3.63) is 53.3 Å². The minimum Gasteiger partial charge on any atom is -0.346 e. The summed E-state index contributed by atoms with van der Waals surface area (Å²) in [5, 5.41) is 3.68. The molecular weight excluding hydrogens is 350 g/mol. The number of H-pyrrole nitrogens is 1. The Morgan fingerprint density at radius 1 is 1.31 bits per heavy atom. The number of hydrogen-bond acceptors (Lipinski definition) is 4. The molecule has 1 aromatic carbocycles. The van der Waals surface area contributed by atoms with Crippen LogP contribution in [0.5, 0.6) is 0 Å². The van der Waals surface area contributed by atoms with Crippen LogP contribution in [0.4, 0.5) is 5.69 Å². The van der Waals surface area contributed by atoms with Crippen molar-refractivity contribution < 1.29 is 13.2 Å². The highest BCUT2D eigenvalue weighted by molar-refractivity contribution is 7.91. The molecule has 0 saturated heterocycles. The third kappa shape index (κ3) is 2.68. The first-order valence-electron chi connectivity index (χ1n) is 8.47. The number of hydrogen-bond donors (Lipinski definition) is 2. The van der Waals surface area contributed by atoms with E-state index in [9.17, 15) is 13.2 Å². The minimum atomic E-state index is -3.34. The van der Waals surface area contributed by atoms with Gasteiger partial charge >= 0.3 is 0 Å². The summed E-state index contributed by atoms with van der Waals surface area (Å²) in [5.74, 6) is -0.0315. The molecule has 1 aliphatic rings. The van der Waals surface area contributed by atoms with Crippen LogP contribution in [-0.2, 0) is 9.84 Å². The highest BCUT2D eigenvalue weighted by Gasteiger charge is 2.30. The molecule has 26 heavy (non-hydrogen) atoms. The average Bonchev–Trinajstić information content (AvgIpc) is 3.08. The molecule has 1 amide bonds. The fourth-order valence-corrected chi connectivity index (χ4v) is 5.27. The van der Waals surface area contributed by atoms with Gasteiger partial charge in [0.2, 0.25) is 0 Å². The summed E-state index contributed by atoms with van der Waals surface area (Å²) >= 11 is 0. The summed E-state index contributed by atoms with van der Waals surface area (Å²) in [6.45, 7) is 3.86. The van der Waals surface area contributed by atoms with Gasteiger partial charge in [-0.3, -0.25) is 4.79 Å². The Kier molecular flexibility index (Phi) is 3.84. The smallest absolute Gasteiger partial charge is 0.255 e. The summed E-state index contributed by atoms with van der Waals surface area (Å²) in [6.07, 6.45) is 3.98. The fraction of sp³-hybridized carbons (Fsp3) is 0.263. The van der Waals surface area contributed by atoms with Gasteiger partial charge in [0.1, 0.15) is 5.65 Å². The second-order valence-electron chi connectivity index (χ2n) is 6.77. The SMILES string of the molecule is Cc1cc2c(cc1C(=O)Nc1ccnc3[nH]ccc13)S(=O)(=O)CC[C@@H]2C. The first-order chi connectivity index (χ1) is 12.4. The zero-order valence-electron chi connectivity index (χ0n) is 14.5. The van der Waals surface area contributed by atoms with E-state index in [4.69, 9.17) is 0 Å². The van der Waals surface area contributed by atoms with Crippen molar-refractivity contribution in [2.24, 2.45) is 0 Å². The van der Waals surface area contributed by atoms with Crippen molar-refractivity contribution in [1.82, 2.24) is 9.97 Å². The van der Waals surface area contributed by atoms with E-state index in [1.54, 1.807) is 18.5 Å². The summed E-state index contributed by atoms with van der Waals surface area (Å²) in [4.78, 5) is 20.3. The van der Waals surface area contributed by atoms with Gasteiger partial charge < -0.3 is 10.3 Å². The van der Waals surface area contributed by atoms with E-state index in [0.717, 1.165) is 16.5 Å². The first-order valence-corrected chi connectivity index (χ1v) is 10.1. The highest BCUT2D eigenvalue weighted by Crippen LogP contribution is 2.35. The highest BCUT2D eigenvalue weighted by atomic mass is 32.2. The molecule has 134 valence electrons. The first kappa shape index (κ1) is 16.8. The number of benzene rings is 1. The molecule has 6 nitrogen and oxygen atoms in total. The van der Waals surface area contributed by atoms with Crippen LogP contribution >= 0.6 is 0 Å². The van der Waals surface area contributed by atoms with Crippen molar-refractivity contribution in [1.29, 1.82) is 0 Å². The van der Waals surface area contributed by atoms with Gasteiger partial charge in [0.15, 0.2) is 9.84 Å². The molecule has 0 fully saturated rings. The number of fused-ring (bicyclic) bond motifs is 2. The molecule has 1 atom stereocenters. The zero-order chi connectivity index (χ0) is 18.5. The molecule has 0 aliphatic carbocycles. The fourth-order valence-electron chi connectivity index (χ4n) is 3.47. The topological polar surface area (TPSA) is 91.9 Å². The second-order valence-corrected chi connectivity index (χ2v) is 8.84. The van der Waals surface area contributed by atoms with Crippen molar-refractivity contribution in [3.63, 3.8) is 0 Å². The summed E-state index contributed by atoms with van der Waals surface area (Å²) in [5.41, 5.74) is 3.27. The molecule has 7 heteroatoms. The minimum absolute atomic E-state index is 0.125. The quantitative estimate of drug-likeness (QED) is 0.724. The van der Waals surface area contributed by atoms with E-state index in [0.29, 0.717) is 23.3 Å². The Bertz CT molecular complexity index is 1130. The monoisotopic (exact) mass is 369 g/mol. The number of rotatable bonds is 2. The molecule has 0 bridgehead atoms. The number of aromatic nitrogens is 2. The lowest BCUT2D eigenvalue weighted by Crippen LogP contribution is -2.21. The number of sulfone groups is 1. The van der Waals surface area contributed by atoms with Crippen molar-refractivity contribution in [2.45, 2.75) is 31.1 Å². The molecule has 0 unspecified atom stereocenters.